The van der Waals surface area contributed by atoms with Crippen LogP contribution in [0.3, 0.4) is 0 Å². The molecule has 3 unspecified atom stereocenters. The monoisotopic (exact) mass is 1590 g/mol. The van der Waals surface area contributed by atoms with Gasteiger partial charge in [-0.2, -0.15) is 0 Å². The average Bonchev–Trinajstić information content (AvgIpc) is 0.826. The van der Waals surface area contributed by atoms with Crippen LogP contribution in [-0.4, -0.2) is 380 Å². The van der Waals surface area contributed by atoms with Gasteiger partial charge in [0.05, 0.1) is 181 Å². The van der Waals surface area contributed by atoms with Gasteiger partial charge in [-0.15, -0.1) is 0 Å². The first-order valence-corrected chi connectivity index (χ1v) is 46.2. The summed E-state index contributed by atoms with van der Waals surface area (Å²) >= 11 is 0. The van der Waals surface area contributed by atoms with E-state index in [2.05, 4.69) is 132 Å². The lowest BCUT2D eigenvalue weighted by Crippen LogP contribution is -2.55. The van der Waals surface area contributed by atoms with Crippen LogP contribution in [0.15, 0.2) is 0 Å². The molecule has 0 aliphatic heterocycles. The van der Waals surface area contributed by atoms with Gasteiger partial charge in [-0.25, -0.2) is 0 Å². The number of aliphatic hydroxyl groups is 5. The second kappa shape index (κ2) is 51.7. The Hall–Kier alpha value is 0.0800. The van der Waals surface area contributed by atoms with Crippen molar-refractivity contribution >= 4 is 30.4 Å². The highest BCUT2D eigenvalue weighted by atomic mass is 31.2. The Balaban J connectivity index is -0.000000643. The van der Waals surface area contributed by atoms with E-state index in [1.54, 1.807) is 0 Å². The van der Waals surface area contributed by atoms with Crippen LogP contribution in [0, 0.1) is 0 Å². The second-order valence-corrected chi connectivity index (χ2v) is 45.9. The molecule has 632 valence electrons. The van der Waals surface area contributed by atoms with Gasteiger partial charge in [0.2, 0.25) is 0 Å². The van der Waals surface area contributed by atoms with Gasteiger partial charge >= 0.3 is 30.4 Å². The molecule has 0 heterocycles. The third kappa shape index (κ3) is 40.7. The van der Waals surface area contributed by atoms with Crippen molar-refractivity contribution in [3.8, 4) is 0 Å². The lowest BCUT2D eigenvalue weighted by atomic mass is 10.3. The summed E-state index contributed by atoms with van der Waals surface area (Å²) in [6, 6.07) is 0. The molecule has 0 aliphatic carbocycles. The fourth-order valence-corrected chi connectivity index (χ4v) is 18.1. The summed E-state index contributed by atoms with van der Waals surface area (Å²) in [4.78, 5) is 0. The molecule has 0 spiro atoms. The van der Waals surface area contributed by atoms with Crippen LogP contribution in [0.25, 0.3) is 0 Å². The second-order valence-electron chi connectivity index (χ2n) is 34.5. The maximum Gasteiger partial charge on any atom is 0.336 e. The van der Waals surface area contributed by atoms with Gasteiger partial charge in [-0.3, -0.25) is 18.3 Å². The Morgan fingerprint density at radius 2 is 0.356 bits per heavy atom. The summed E-state index contributed by atoms with van der Waals surface area (Å²) in [7, 11) is -0.450. The number of aliphatic hydroxyl groups excluding tert-OH is 5. The molecule has 0 amide bonds. The van der Waals surface area contributed by atoms with Crippen LogP contribution in [0.2, 0.25) is 0 Å². The molecule has 0 rings (SSSR count). The minimum Gasteiger partial charge on any atom is -0.391 e. The Kier molecular flexibility index (Phi) is 54.9. The minimum absolute atomic E-state index is 0.0525. The number of hydrogen-bond acceptors (Lipinski definition) is 17. The fourth-order valence-electron chi connectivity index (χ4n) is 12.2. The van der Waals surface area contributed by atoms with E-state index in [9.17, 15) is 43.8 Å². The van der Waals surface area contributed by atoms with Gasteiger partial charge in [-0.05, 0) is 173 Å². The van der Waals surface area contributed by atoms with Crippen LogP contribution < -0.4 is 0 Å². The highest BCUT2D eigenvalue weighted by molar-refractivity contribution is 7.56. The largest absolute Gasteiger partial charge is 0.391 e. The highest BCUT2D eigenvalue weighted by Gasteiger charge is 2.45. The summed E-state index contributed by atoms with van der Waals surface area (Å²) < 4.78 is 107. The van der Waals surface area contributed by atoms with E-state index in [0.717, 1.165) is 158 Å². The Labute approximate surface area is 641 Å². The van der Waals surface area contributed by atoms with Crippen molar-refractivity contribution in [3.63, 3.8) is 0 Å². The van der Waals surface area contributed by atoms with Crippen molar-refractivity contribution in [1.29, 1.82) is 0 Å². The molecule has 104 heavy (non-hydrogen) atoms. The Morgan fingerprint density at radius 3 is 0.471 bits per heavy atom. The lowest BCUT2D eigenvalue weighted by molar-refractivity contribution is -0.929. The van der Waals surface area contributed by atoms with Gasteiger partial charge in [-0.1, -0.05) is 6.92 Å². The van der Waals surface area contributed by atoms with Gasteiger partial charge in [0.15, 0.2) is 0 Å². The number of quaternary nitrogens is 8. The molecule has 0 aromatic heterocycles. The molecule has 0 bridgehead atoms. The molecule has 0 saturated heterocycles. The Bertz CT molecular complexity index is 2270. The molecule has 0 aliphatic rings. The summed E-state index contributed by atoms with van der Waals surface area (Å²) in [5.74, 6) is 0. The molecule has 0 radical (unpaired) electrons. The van der Waals surface area contributed by atoms with Crippen molar-refractivity contribution in [2.45, 2.75) is 200 Å². The van der Waals surface area contributed by atoms with E-state index in [1.165, 1.54) is 0 Å². The van der Waals surface area contributed by atoms with Gasteiger partial charge in [0.1, 0.15) is 138 Å². The molecule has 0 saturated carbocycles. The van der Waals surface area contributed by atoms with Gasteiger partial charge < -0.3 is 97.6 Å². The van der Waals surface area contributed by atoms with Crippen LogP contribution in [0.1, 0.15) is 180 Å². The summed E-state index contributed by atoms with van der Waals surface area (Å²) in [5, 5.41) is 44.8. The smallest absolute Gasteiger partial charge is 0.336 e. The zero-order chi connectivity index (χ0) is 81.9. The predicted octanol–water partition coefficient (Wildman–Crippen LogP) is 12.0. The maximum absolute atomic E-state index is 13.5. The number of rotatable bonds is 56. The number of nitrogens with zero attached hydrogens (tertiary/aromatic N) is 8. The topological polar surface area (TPSA) is 243 Å². The van der Waals surface area contributed by atoms with Crippen molar-refractivity contribution in [2.24, 2.45) is 0 Å². The molecular weight excluding hydrogens is 1410 g/mol. The van der Waals surface area contributed by atoms with Crippen molar-refractivity contribution < 1.29 is 116 Å². The van der Waals surface area contributed by atoms with E-state index >= 15 is 0 Å². The van der Waals surface area contributed by atoms with E-state index in [0.29, 0.717) is 94.4 Å². The third-order valence-electron chi connectivity index (χ3n) is 21.9. The first-order chi connectivity index (χ1) is 47.7. The van der Waals surface area contributed by atoms with E-state index in [1.807, 2.05) is 83.1 Å². The quantitative estimate of drug-likeness (QED) is 0.0281. The van der Waals surface area contributed by atoms with E-state index in [4.69, 9.17) is 36.2 Å². The molecular formula is C75H178N8O17P4+8. The van der Waals surface area contributed by atoms with Crippen molar-refractivity contribution in [2.75, 3.05) is 298 Å². The van der Waals surface area contributed by atoms with E-state index in [-0.39, 0.29) is 46.2 Å². The summed E-state index contributed by atoms with van der Waals surface area (Å²) in [6.45, 7) is 76.1. The SMILES string of the molecule is CCC[N+](CCO)(CCO)CCOP(=O)(OCC[N+](C)(C)C)C(C)(C)C.CC[N+](CC)(CC)CCOP(=O)(OCC[N+](C)(C)C)C(C)(C)C.CC[N+](CC)(CC)CCOP(=O)(OCC[N+](CC)(CC)CC)C(C)(C)C.CC[N+](CC)(CC)CCOP(=O)(OCC[N+](CCO)(CCO)CCO)C(C)(C)C. The van der Waals surface area contributed by atoms with Crippen LogP contribution in [0.5, 0.6) is 0 Å². The number of hydrogen-bond donors (Lipinski definition) is 5. The third-order valence-corrected chi connectivity index (χ3v) is 32.7. The fraction of sp³-hybridized carbons (Fsp3) is 1.00. The highest BCUT2D eigenvalue weighted by Crippen LogP contribution is 2.62. The zero-order valence-electron chi connectivity index (χ0n) is 73.8. The standard InChI is InChI=1S/C20H47N2O6P.C20H47N2O3P.C18H43N2O5P.C17H41N2O3P/c1-7-21(8-2,9-3)13-18-27-29(26,20(4,5)6)28-19-14-22(10-15-23,11-16-24)12-17-25;1-10-21(11-2,12-3)16-18-24-26(23,20(7,8)9)25-19-17-22(13-4,14-5)15-6;1-8-9-20(10-14-21,11-15-22)13-17-25-26(23,18(2,3)4)24-16-12-19(5,6)7;1-10-19(11-2,12-3)14-16-22-23(20,17(4,5)6)21-15-13-18(7,8)9/h23-25H,7-19H2,1-6H3;10-19H2,1-9H3;21-22H,8-17H2,1-7H3;10-16H2,1-9H3/q4*+2. The Morgan fingerprint density at radius 1 is 0.221 bits per heavy atom. The summed E-state index contributed by atoms with van der Waals surface area (Å²) in [6.07, 6.45) is 0.941. The molecule has 29 heteroatoms. The zero-order valence-corrected chi connectivity index (χ0v) is 77.4. The molecule has 0 aromatic carbocycles. The lowest BCUT2D eigenvalue weighted by Gasteiger charge is -2.39. The molecule has 5 N–H and O–H groups in total. The van der Waals surface area contributed by atoms with Crippen LogP contribution >= 0.6 is 30.4 Å². The van der Waals surface area contributed by atoms with Gasteiger partial charge in [0.25, 0.3) is 0 Å². The maximum atomic E-state index is 13.5. The summed E-state index contributed by atoms with van der Waals surface area (Å²) in [5.41, 5.74) is 0. The molecule has 3 atom stereocenters. The normalized spacial score (nSPS) is 15.4. The van der Waals surface area contributed by atoms with E-state index < -0.39 is 51.0 Å². The molecule has 0 aromatic rings. The minimum atomic E-state index is -3.37. The number of likely N-dealkylation sites (N-methyl/N-ethyl adjacent to an activating group) is 6. The average molecular weight is 1590 g/mol. The van der Waals surface area contributed by atoms with Crippen LogP contribution in [0.4, 0.5) is 0 Å². The molecule has 0 fully saturated rings. The molecule has 25 nitrogen and oxygen atoms in total. The predicted molar refractivity (Wildman–Crippen MR) is 435 cm³/mol. The first kappa shape index (κ1) is 110. The van der Waals surface area contributed by atoms with Crippen molar-refractivity contribution in [3.05, 3.63) is 0 Å². The van der Waals surface area contributed by atoms with Crippen LogP contribution in [-0.2, 0) is 54.5 Å². The first-order valence-electron chi connectivity index (χ1n) is 40.1. The van der Waals surface area contributed by atoms with Gasteiger partial charge in [0, 0.05) is 0 Å². The van der Waals surface area contributed by atoms with Crippen molar-refractivity contribution in [1.82, 2.24) is 0 Å².